The highest BCUT2D eigenvalue weighted by atomic mass is 19.1. The molecule has 1 aliphatic heterocycles. The lowest BCUT2D eigenvalue weighted by Gasteiger charge is -2.21. The van der Waals surface area contributed by atoms with Crippen molar-refractivity contribution in [1.82, 2.24) is 0 Å². The van der Waals surface area contributed by atoms with Gasteiger partial charge >= 0.3 is 0 Å². The number of isocyanates is 1. The zero-order valence-electron chi connectivity index (χ0n) is 8.70. The van der Waals surface area contributed by atoms with Gasteiger partial charge in [0, 0.05) is 5.56 Å². The highest BCUT2D eigenvalue weighted by Crippen LogP contribution is 2.36. The minimum atomic E-state index is -2.09. The summed E-state index contributed by atoms with van der Waals surface area (Å²) < 4.78 is 24.5. The Balaban J connectivity index is 2.40. The number of halogens is 1. The molecule has 0 spiro atoms. The third-order valence-electron chi connectivity index (χ3n) is 2.32. The van der Waals surface area contributed by atoms with E-state index in [0.29, 0.717) is 24.7 Å². The number of aliphatic imine (C=N–C) groups is 1. The number of rotatable bonds is 2. The third-order valence-corrected chi connectivity index (χ3v) is 2.32. The molecule has 0 N–H and O–H groups in total. The van der Waals surface area contributed by atoms with Crippen LogP contribution in [0.25, 0.3) is 0 Å². The van der Waals surface area contributed by atoms with Crippen molar-refractivity contribution in [3.05, 3.63) is 23.8 Å². The van der Waals surface area contributed by atoms with Crippen LogP contribution in [0.5, 0.6) is 11.5 Å². The molecule has 5 heteroatoms. The number of fused-ring (bicyclic) bond motifs is 1. The van der Waals surface area contributed by atoms with Gasteiger partial charge in [-0.1, -0.05) is 0 Å². The molecule has 1 aromatic rings. The monoisotopic (exact) mass is 223 g/mol. The Bertz CT molecular complexity index is 453. The van der Waals surface area contributed by atoms with Gasteiger partial charge in [0.25, 0.3) is 0 Å². The van der Waals surface area contributed by atoms with Crippen LogP contribution in [0.3, 0.4) is 0 Å². The highest BCUT2D eigenvalue weighted by molar-refractivity contribution is 5.46. The maximum atomic E-state index is 13.9. The molecule has 0 fully saturated rings. The molecule has 0 saturated carbocycles. The Morgan fingerprint density at radius 1 is 1.38 bits per heavy atom. The van der Waals surface area contributed by atoms with Gasteiger partial charge in [0.1, 0.15) is 13.2 Å². The van der Waals surface area contributed by atoms with Crippen LogP contribution >= 0.6 is 0 Å². The average molecular weight is 223 g/mol. The lowest BCUT2D eigenvalue weighted by molar-refractivity contribution is 0.168. The van der Waals surface area contributed by atoms with Crippen molar-refractivity contribution in [1.29, 1.82) is 0 Å². The van der Waals surface area contributed by atoms with E-state index in [9.17, 15) is 9.18 Å². The third kappa shape index (κ3) is 1.90. The molecule has 16 heavy (non-hydrogen) atoms. The molecule has 4 nitrogen and oxygen atoms in total. The summed E-state index contributed by atoms with van der Waals surface area (Å²) in [7, 11) is 0. The van der Waals surface area contributed by atoms with Gasteiger partial charge in [-0.3, -0.25) is 0 Å². The summed E-state index contributed by atoms with van der Waals surface area (Å²) in [6.07, 6.45) is 1.21. The van der Waals surface area contributed by atoms with E-state index in [4.69, 9.17) is 9.47 Å². The number of nitrogens with zero attached hydrogens (tertiary/aromatic N) is 1. The summed E-state index contributed by atoms with van der Waals surface area (Å²) in [6, 6.07) is 4.59. The van der Waals surface area contributed by atoms with Gasteiger partial charge in [-0.15, -0.1) is 0 Å². The molecule has 0 bridgehead atoms. The zero-order valence-corrected chi connectivity index (χ0v) is 8.70. The second-order valence-corrected chi connectivity index (χ2v) is 3.51. The molecule has 1 atom stereocenters. The smallest absolute Gasteiger partial charge is 0.238 e. The first kappa shape index (κ1) is 10.6. The van der Waals surface area contributed by atoms with E-state index in [0.717, 1.165) is 0 Å². The van der Waals surface area contributed by atoms with Gasteiger partial charge in [-0.25, -0.2) is 9.18 Å². The molecular formula is C11H10FNO3. The summed E-state index contributed by atoms with van der Waals surface area (Å²) in [6.45, 7) is 2.09. The first-order valence-electron chi connectivity index (χ1n) is 4.81. The minimum absolute atomic E-state index is 0.236. The molecule has 84 valence electrons. The van der Waals surface area contributed by atoms with Gasteiger partial charge in [-0.2, -0.15) is 4.99 Å². The fourth-order valence-electron chi connectivity index (χ4n) is 1.48. The van der Waals surface area contributed by atoms with Crippen LogP contribution in [0.4, 0.5) is 4.39 Å². The topological polar surface area (TPSA) is 47.9 Å². The van der Waals surface area contributed by atoms with E-state index in [-0.39, 0.29) is 5.56 Å². The molecule has 1 aromatic carbocycles. The van der Waals surface area contributed by atoms with E-state index < -0.39 is 5.79 Å². The predicted molar refractivity (Wildman–Crippen MR) is 54.0 cm³/mol. The van der Waals surface area contributed by atoms with Crippen molar-refractivity contribution < 1.29 is 18.7 Å². The maximum Gasteiger partial charge on any atom is 0.238 e. The molecule has 0 radical (unpaired) electrons. The Morgan fingerprint density at radius 3 is 2.75 bits per heavy atom. The van der Waals surface area contributed by atoms with Gasteiger partial charge in [-0.05, 0) is 25.1 Å². The van der Waals surface area contributed by atoms with Crippen molar-refractivity contribution in [3.8, 4) is 11.5 Å². The summed E-state index contributed by atoms with van der Waals surface area (Å²) in [5.74, 6) is -1.05. The highest BCUT2D eigenvalue weighted by Gasteiger charge is 2.26. The van der Waals surface area contributed by atoms with Crippen LogP contribution in [0.15, 0.2) is 23.2 Å². The molecule has 0 saturated heterocycles. The second-order valence-electron chi connectivity index (χ2n) is 3.51. The van der Waals surface area contributed by atoms with Crippen molar-refractivity contribution in [2.75, 3.05) is 13.2 Å². The number of benzene rings is 1. The van der Waals surface area contributed by atoms with Crippen LogP contribution in [0.2, 0.25) is 0 Å². The molecule has 0 aromatic heterocycles. The standard InChI is InChI=1S/C11H10FNO3/c1-11(12,13-7-14)8-2-3-9-10(6-8)16-5-4-15-9/h2-3,6H,4-5H2,1H3. The van der Waals surface area contributed by atoms with E-state index in [1.54, 1.807) is 6.07 Å². The van der Waals surface area contributed by atoms with Crippen molar-refractivity contribution in [3.63, 3.8) is 0 Å². The molecule has 1 aliphatic rings. The Morgan fingerprint density at radius 2 is 2.06 bits per heavy atom. The number of ether oxygens (including phenoxy) is 2. The SMILES string of the molecule is CC(F)(N=C=O)c1ccc2c(c1)OCCO2. The van der Waals surface area contributed by atoms with E-state index in [1.165, 1.54) is 25.1 Å². The number of hydrogen-bond acceptors (Lipinski definition) is 4. The van der Waals surface area contributed by atoms with Crippen LogP contribution in [0.1, 0.15) is 12.5 Å². The summed E-state index contributed by atoms with van der Waals surface area (Å²) in [5.41, 5.74) is 0.236. The van der Waals surface area contributed by atoms with E-state index >= 15 is 0 Å². The largest absolute Gasteiger partial charge is 0.486 e. The van der Waals surface area contributed by atoms with Gasteiger partial charge in [0.15, 0.2) is 11.5 Å². The zero-order chi connectivity index (χ0) is 11.6. The molecule has 0 aliphatic carbocycles. The first-order valence-corrected chi connectivity index (χ1v) is 4.81. The fourth-order valence-corrected chi connectivity index (χ4v) is 1.48. The quantitative estimate of drug-likeness (QED) is 0.437. The predicted octanol–water partition coefficient (Wildman–Crippen LogP) is 1.94. The second kappa shape index (κ2) is 3.94. The molecule has 2 rings (SSSR count). The van der Waals surface area contributed by atoms with Crippen LogP contribution in [0, 0.1) is 0 Å². The summed E-state index contributed by atoms with van der Waals surface area (Å²) in [5, 5.41) is 0. The van der Waals surface area contributed by atoms with E-state index in [1.807, 2.05) is 0 Å². The number of hydrogen-bond donors (Lipinski definition) is 0. The molecular weight excluding hydrogens is 213 g/mol. The normalized spacial score (nSPS) is 17.1. The van der Waals surface area contributed by atoms with Crippen molar-refractivity contribution in [2.24, 2.45) is 4.99 Å². The lowest BCUT2D eigenvalue weighted by Crippen LogP contribution is -2.17. The lowest BCUT2D eigenvalue weighted by atomic mass is 10.1. The molecule has 1 unspecified atom stereocenters. The van der Waals surface area contributed by atoms with Crippen molar-refractivity contribution >= 4 is 6.08 Å². The Kier molecular flexibility index (Phi) is 2.62. The van der Waals surface area contributed by atoms with Gasteiger partial charge in [0.05, 0.1) is 0 Å². The summed E-state index contributed by atoms with van der Waals surface area (Å²) in [4.78, 5) is 13.2. The Hall–Kier alpha value is -1.87. The average Bonchev–Trinajstić information content (AvgIpc) is 2.28. The van der Waals surface area contributed by atoms with Crippen molar-refractivity contribution in [2.45, 2.75) is 12.7 Å². The van der Waals surface area contributed by atoms with Crippen LogP contribution < -0.4 is 9.47 Å². The maximum absolute atomic E-state index is 13.9. The fraction of sp³-hybridized carbons (Fsp3) is 0.364. The van der Waals surface area contributed by atoms with Gasteiger partial charge < -0.3 is 9.47 Å². The minimum Gasteiger partial charge on any atom is -0.486 e. The van der Waals surface area contributed by atoms with Gasteiger partial charge in [0.2, 0.25) is 11.9 Å². The van der Waals surface area contributed by atoms with Crippen LogP contribution in [-0.4, -0.2) is 19.3 Å². The van der Waals surface area contributed by atoms with E-state index in [2.05, 4.69) is 4.99 Å². The number of carbonyl (C=O) groups excluding carboxylic acids is 1. The first-order chi connectivity index (χ1) is 7.63. The molecule has 1 heterocycles. The Labute approximate surface area is 91.7 Å². The molecule has 0 amide bonds. The van der Waals surface area contributed by atoms with Crippen LogP contribution in [-0.2, 0) is 10.6 Å². The summed E-state index contributed by atoms with van der Waals surface area (Å²) >= 11 is 0. The number of alkyl halides is 1.